The molecule has 0 radical (unpaired) electrons. The number of rotatable bonds is 5. The smallest absolute Gasteiger partial charge is 0.212 e. The lowest BCUT2D eigenvalue weighted by atomic mass is 9.96. The highest BCUT2D eigenvalue weighted by atomic mass is 15.3. The number of imidazole rings is 1. The third-order valence-electron chi connectivity index (χ3n) is 7.10. The lowest BCUT2D eigenvalue weighted by Crippen LogP contribution is -2.14. The number of hydrogen-bond acceptors (Lipinski definition) is 3. The fourth-order valence-corrected chi connectivity index (χ4v) is 5.23. The van der Waals surface area contributed by atoms with Crippen molar-refractivity contribution in [3.8, 4) is 39.1 Å². The maximum atomic E-state index is 5.11. The molecule has 0 aliphatic carbocycles. The molecule has 4 aromatic carbocycles. The van der Waals surface area contributed by atoms with Crippen molar-refractivity contribution in [2.45, 2.75) is 13.8 Å². The molecule has 0 aliphatic heterocycles. The third-order valence-corrected chi connectivity index (χ3v) is 7.10. The maximum absolute atomic E-state index is 5.11. The van der Waals surface area contributed by atoms with E-state index in [1.807, 2.05) is 26.4 Å². The molecule has 4 nitrogen and oxygen atoms in total. The Morgan fingerprint density at radius 3 is 1.79 bits per heavy atom. The molecule has 2 aromatic heterocycles. The zero-order valence-electron chi connectivity index (χ0n) is 22.2. The molecule has 0 amide bonds. The second-order valence-corrected chi connectivity index (χ2v) is 9.93. The normalized spacial score (nSPS) is 11.2. The van der Waals surface area contributed by atoms with Crippen LogP contribution in [0.15, 0.2) is 109 Å². The molecule has 4 heteroatoms. The Morgan fingerprint density at radius 1 is 0.605 bits per heavy atom. The van der Waals surface area contributed by atoms with E-state index in [9.17, 15) is 0 Å². The number of pyridine rings is 1. The van der Waals surface area contributed by atoms with Gasteiger partial charge in [-0.1, -0.05) is 84.9 Å². The van der Waals surface area contributed by atoms with Crippen molar-refractivity contribution in [1.29, 1.82) is 0 Å². The summed E-state index contributed by atoms with van der Waals surface area (Å²) in [5, 5.41) is 0. The third kappa shape index (κ3) is 4.14. The molecule has 0 fully saturated rings. The van der Waals surface area contributed by atoms with Gasteiger partial charge in [-0.2, -0.15) is 0 Å². The predicted molar refractivity (Wildman–Crippen MR) is 159 cm³/mol. The highest BCUT2D eigenvalue weighted by Crippen LogP contribution is 2.35. The Balaban J connectivity index is 1.49. The van der Waals surface area contributed by atoms with E-state index >= 15 is 0 Å². The molecule has 0 unspecified atom stereocenters. The van der Waals surface area contributed by atoms with Gasteiger partial charge in [-0.25, -0.2) is 9.97 Å². The van der Waals surface area contributed by atoms with E-state index in [0.29, 0.717) is 0 Å². The van der Waals surface area contributed by atoms with Crippen LogP contribution in [0.5, 0.6) is 0 Å². The van der Waals surface area contributed by atoms with Crippen molar-refractivity contribution in [3.63, 3.8) is 0 Å². The Hall–Kier alpha value is -4.70. The lowest BCUT2D eigenvalue weighted by molar-refractivity contribution is 0.962. The van der Waals surface area contributed by atoms with Crippen LogP contribution in [-0.4, -0.2) is 28.6 Å². The first-order valence-corrected chi connectivity index (χ1v) is 12.9. The van der Waals surface area contributed by atoms with Crippen molar-refractivity contribution in [3.05, 3.63) is 120 Å². The van der Waals surface area contributed by atoms with Crippen LogP contribution in [-0.2, 0) is 0 Å². The molecule has 0 bridgehead atoms. The van der Waals surface area contributed by atoms with Gasteiger partial charge in [-0.15, -0.1) is 0 Å². The van der Waals surface area contributed by atoms with Crippen LogP contribution >= 0.6 is 0 Å². The van der Waals surface area contributed by atoms with Crippen LogP contribution in [0.4, 0.5) is 5.95 Å². The Kier molecular flexibility index (Phi) is 6.01. The van der Waals surface area contributed by atoms with Crippen molar-refractivity contribution in [2.24, 2.45) is 0 Å². The van der Waals surface area contributed by atoms with E-state index in [1.165, 1.54) is 33.4 Å². The summed E-state index contributed by atoms with van der Waals surface area (Å²) in [6.07, 6.45) is 1.89. The van der Waals surface area contributed by atoms with E-state index in [1.54, 1.807) is 0 Å². The molecule has 38 heavy (non-hydrogen) atoms. The predicted octanol–water partition coefficient (Wildman–Crippen LogP) is 8.10. The van der Waals surface area contributed by atoms with Crippen LogP contribution in [0.1, 0.15) is 11.1 Å². The van der Waals surface area contributed by atoms with E-state index in [2.05, 4.69) is 120 Å². The van der Waals surface area contributed by atoms with Gasteiger partial charge in [0.1, 0.15) is 5.52 Å². The first kappa shape index (κ1) is 23.7. The summed E-state index contributed by atoms with van der Waals surface area (Å²) in [6.45, 7) is 4.33. The summed E-state index contributed by atoms with van der Waals surface area (Å²) >= 11 is 0. The number of fused-ring (bicyclic) bond motifs is 1. The van der Waals surface area contributed by atoms with Gasteiger partial charge in [-0.3, -0.25) is 4.57 Å². The minimum Gasteiger partial charge on any atom is -0.348 e. The Bertz CT molecular complexity index is 1750. The van der Waals surface area contributed by atoms with Gasteiger partial charge in [0, 0.05) is 25.9 Å². The first-order chi connectivity index (χ1) is 18.5. The zero-order valence-corrected chi connectivity index (χ0v) is 22.2. The number of aromatic nitrogens is 3. The fourth-order valence-electron chi connectivity index (χ4n) is 5.23. The van der Waals surface area contributed by atoms with Crippen molar-refractivity contribution >= 4 is 17.1 Å². The van der Waals surface area contributed by atoms with Crippen LogP contribution < -0.4 is 4.90 Å². The summed E-state index contributed by atoms with van der Waals surface area (Å²) in [6, 6.07) is 36.3. The molecule has 0 saturated carbocycles. The molecule has 186 valence electrons. The number of benzene rings is 4. The van der Waals surface area contributed by atoms with Crippen LogP contribution in [0.2, 0.25) is 0 Å². The minimum absolute atomic E-state index is 0.850. The Morgan fingerprint density at radius 2 is 1.21 bits per heavy atom. The molecule has 0 aliphatic rings. The molecular weight excluding hydrogens is 464 g/mol. The second-order valence-electron chi connectivity index (χ2n) is 9.93. The molecule has 6 aromatic rings. The molecule has 0 spiro atoms. The van der Waals surface area contributed by atoms with Crippen LogP contribution in [0, 0.1) is 13.8 Å². The Labute approximate surface area is 223 Å². The summed E-state index contributed by atoms with van der Waals surface area (Å²) < 4.78 is 2.16. The van der Waals surface area contributed by atoms with Crippen molar-refractivity contribution in [2.75, 3.05) is 19.0 Å². The molecule has 2 heterocycles. The van der Waals surface area contributed by atoms with Gasteiger partial charge in [0.25, 0.3) is 0 Å². The highest BCUT2D eigenvalue weighted by Gasteiger charge is 2.19. The number of hydrogen-bond donors (Lipinski definition) is 0. The van der Waals surface area contributed by atoms with E-state index < -0.39 is 0 Å². The minimum atomic E-state index is 0.850. The molecule has 0 saturated heterocycles. The summed E-state index contributed by atoms with van der Waals surface area (Å²) in [4.78, 5) is 12.0. The van der Waals surface area contributed by atoms with Crippen LogP contribution in [0.25, 0.3) is 50.2 Å². The van der Waals surface area contributed by atoms with Crippen molar-refractivity contribution < 1.29 is 0 Å². The standard InChI is InChI=1S/C34H30N4/c1-23-21-27(15-17-29(23)25-11-7-5-8-12-25)31-19-20-35-33-32(31)36-34(37(3)4)38(33)28-16-18-30(24(2)22-28)26-13-9-6-10-14-26/h5-22H,1-4H3. The van der Waals surface area contributed by atoms with Gasteiger partial charge in [0.15, 0.2) is 5.65 Å². The van der Waals surface area contributed by atoms with E-state index in [4.69, 9.17) is 9.97 Å². The highest BCUT2D eigenvalue weighted by molar-refractivity contribution is 5.93. The molecule has 0 atom stereocenters. The first-order valence-electron chi connectivity index (χ1n) is 12.9. The van der Waals surface area contributed by atoms with E-state index in [0.717, 1.165) is 33.9 Å². The average Bonchev–Trinajstić information content (AvgIpc) is 3.34. The van der Waals surface area contributed by atoms with Gasteiger partial charge < -0.3 is 4.90 Å². The topological polar surface area (TPSA) is 34.0 Å². The zero-order chi connectivity index (χ0) is 26.2. The van der Waals surface area contributed by atoms with Crippen LogP contribution in [0.3, 0.4) is 0 Å². The summed E-state index contributed by atoms with van der Waals surface area (Å²) in [5.41, 5.74) is 12.4. The van der Waals surface area contributed by atoms with Gasteiger partial charge in [0.2, 0.25) is 5.95 Å². The number of aryl methyl sites for hydroxylation is 2. The number of nitrogens with zero attached hydrogens (tertiary/aromatic N) is 4. The summed E-state index contributed by atoms with van der Waals surface area (Å²) in [7, 11) is 4.06. The van der Waals surface area contributed by atoms with Gasteiger partial charge >= 0.3 is 0 Å². The number of anilines is 1. The molecule has 0 N–H and O–H groups in total. The largest absolute Gasteiger partial charge is 0.348 e. The quantitative estimate of drug-likeness (QED) is 0.243. The maximum Gasteiger partial charge on any atom is 0.212 e. The van der Waals surface area contributed by atoms with Gasteiger partial charge in [-0.05, 0) is 71.0 Å². The monoisotopic (exact) mass is 494 g/mol. The lowest BCUT2D eigenvalue weighted by Gasteiger charge is -2.16. The fraction of sp³-hybridized carbons (Fsp3) is 0.118. The van der Waals surface area contributed by atoms with E-state index in [-0.39, 0.29) is 0 Å². The summed E-state index contributed by atoms with van der Waals surface area (Å²) in [5.74, 6) is 0.851. The second kappa shape index (κ2) is 9.64. The SMILES string of the molecule is Cc1cc(-c2ccnc3c2nc(N(C)C)n3-c2ccc(-c3ccccc3)c(C)c2)ccc1-c1ccccc1. The molecule has 6 rings (SSSR count). The average molecular weight is 495 g/mol. The van der Waals surface area contributed by atoms with Crippen molar-refractivity contribution in [1.82, 2.24) is 14.5 Å². The van der Waals surface area contributed by atoms with Gasteiger partial charge in [0.05, 0.1) is 5.69 Å². The molecular formula is C34H30N4.